The van der Waals surface area contributed by atoms with E-state index in [1.165, 1.54) is 27.7 Å². The van der Waals surface area contributed by atoms with Crippen LogP contribution in [0.4, 0.5) is 0 Å². The highest BCUT2D eigenvalue weighted by Gasteiger charge is 2.51. The van der Waals surface area contributed by atoms with E-state index in [0.717, 1.165) is 17.3 Å². The molecule has 0 saturated carbocycles. The van der Waals surface area contributed by atoms with E-state index in [0.29, 0.717) is 16.7 Å². The fourth-order valence-corrected chi connectivity index (χ4v) is 5.05. The molecule has 39 heavy (non-hydrogen) atoms. The molecule has 0 aliphatic carbocycles. The highest BCUT2D eigenvalue weighted by atomic mass is 32.2. The molecule has 1 aromatic heterocycles. The van der Waals surface area contributed by atoms with Crippen molar-refractivity contribution in [2.75, 3.05) is 6.61 Å². The minimum atomic E-state index is -1.17. The van der Waals surface area contributed by atoms with Gasteiger partial charge in [0.25, 0.3) is 0 Å². The minimum absolute atomic E-state index is 0.147. The summed E-state index contributed by atoms with van der Waals surface area (Å²) in [5.41, 5.74) is 0.150. The molecule has 1 saturated heterocycles. The number of esters is 3. The third-order valence-electron chi connectivity index (χ3n) is 5.58. The number of hydrogen-bond donors (Lipinski definition) is 1. The zero-order valence-electron chi connectivity index (χ0n) is 22.5. The van der Waals surface area contributed by atoms with E-state index in [4.69, 9.17) is 23.7 Å². The monoisotopic (exact) mass is 564 g/mol. The van der Waals surface area contributed by atoms with Crippen molar-refractivity contribution < 1.29 is 42.9 Å². The van der Waals surface area contributed by atoms with Gasteiger partial charge in [0.1, 0.15) is 36.5 Å². The van der Waals surface area contributed by atoms with E-state index in [1.807, 2.05) is 31.2 Å². The molecule has 1 fully saturated rings. The quantitative estimate of drug-likeness (QED) is 0.328. The Labute approximate surface area is 229 Å². The Balaban J connectivity index is 1.89. The zero-order valence-corrected chi connectivity index (χ0v) is 23.4. The average molecular weight is 565 g/mol. The topological polar surface area (TPSA) is 157 Å². The van der Waals surface area contributed by atoms with Crippen molar-refractivity contribution in [2.45, 2.75) is 76.2 Å². The molecule has 212 valence electrons. The standard InChI is InChI=1S/C25H32N4O9S/c1-13-8-7-9-18(10-13)35-12-20-27-28-25(29(20)6)39-24-21(26-14(2)30)23(37-17(5)33)22(36-16(4)32)19(38-24)11-34-15(3)31/h7-10,19,21-24H,11-12H2,1-6H3,(H,26,30). The second kappa shape index (κ2) is 13.4. The van der Waals surface area contributed by atoms with E-state index in [2.05, 4.69) is 15.5 Å². The molecule has 5 atom stereocenters. The summed E-state index contributed by atoms with van der Waals surface area (Å²) in [6.45, 7) is 6.71. The molecule has 2 aromatic rings. The number of ether oxygens (including phenoxy) is 5. The second-order valence-electron chi connectivity index (χ2n) is 8.90. The number of hydrogen-bond acceptors (Lipinski definition) is 12. The fourth-order valence-electron chi connectivity index (χ4n) is 3.92. The van der Waals surface area contributed by atoms with Gasteiger partial charge in [0, 0.05) is 34.7 Å². The molecule has 1 aromatic carbocycles. The number of benzene rings is 1. The molecular formula is C25H32N4O9S. The van der Waals surface area contributed by atoms with Gasteiger partial charge in [0.2, 0.25) is 5.91 Å². The lowest BCUT2D eigenvalue weighted by Gasteiger charge is -2.44. The normalized spacial score (nSPS) is 22.5. The molecule has 1 aliphatic heterocycles. The van der Waals surface area contributed by atoms with Gasteiger partial charge in [-0.3, -0.25) is 19.2 Å². The molecule has 14 heteroatoms. The maximum Gasteiger partial charge on any atom is 0.303 e. The number of aromatic nitrogens is 3. The van der Waals surface area contributed by atoms with Gasteiger partial charge < -0.3 is 33.6 Å². The molecule has 13 nitrogen and oxygen atoms in total. The van der Waals surface area contributed by atoms with Crippen molar-refractivity contribution in [3.63, 3.8) is 0 Å². The first-order chi connectivity index (χ1) is 18.4. The predicted molar refractivity (Wildman–Crippen MR) is 136 cm³/mol. The third kappa shape index (κ3) is 8.42. The van der Waals surface area contributed by atoms with E-state index >= 15 is 0 Å². The van der Waals surface area contributed by atoms with Gasteiger partial charge in [0.05, 0.1) is 0 Å². The lowest BCUT2D eigenvalue weighted by Crippen LogP contribution is -2.65. The number of nitrogens with one attached hydrogen (secondary N) is 1. The summed E-state index contributed by atoms with van der Waals surface area (Å²) in [5, 5.41) is 11.6. The number of thioether (sulfide) groups is 1. The largest absolute Gasteiger partial charge is 0.486 e. The smallest absolute Gasteiger partial charge is 0.303 e. The number of aryl methyl sites for hydroxylation is 1. The Bertz CT molecular complexity index is 1200. The first-order valence-corrected chi connectivity index (χ1v) is 13.0. The van der Waals surface area contributed by atoms with Crippen LogP contribution in [0.1, 0.15) is 39.1 Å². The van der Waals surface area contributed by atoms with Crippen LogP contribution in [-0.4, -0.2) is 75.0 Å². The molecule has 5 unspecified atom stereocenters. The number of carbonyl (C=O) groups excluding carboxylic acids is 4. The Morgan fingerprint density at radius 3 is 2.33 bits per heavy atom. The summed E-state index contributed by atoms with van der Waals surface area (Å²) in [4.78, 5) is 47.6. The second-order valence-corrected chi connectivity index (χ2v) is 9.97. The van der Waals surface area contributed by atoms with Crippen LogP contribution in [-0.2, 0) is 51.8 Å². The zero-order chi connectivity index (χ0) is 28.7. The number of nitrogens with zero attached hydrogens (tertiary/aromatic N) is 3. The van der Waals surface area contributed by atoms with Crippen LogP contribution in [0.2, 0.25) is 0 Å². The average Bonchev–Trinajstić information content (AvgIpc) is 3.18. The summed E-state index contributed by atoms with van der Waals surface area (Å²) >= 11 is 1.10. The molecule has 1 N–H and O–H groups in total. The van der Waals surface area contributed by atoms with Crippen LogP contribution in [0.3, 0.4) is 0 Å². The van der Waals surface area contributed by atoms with Crippen molar-refractivity contribution >= 4 is 35.6 Å². The SMILES string of the molecule is CC(=O)NC1C(Sc2nnc(COc3cccc(C)c3)n2C)OC(COC(C)=O)C(OC(C)=O)C1OC(C)=O. The summed E-state index contributed by atoms with van der Waals surface area (Å²) in [6.07, 6.45) is -3.33. The van der Waals surface area contributed by atoms with Gasteiger partial charge in [-0.2, -0.15) is 0 Å². The maximum atomic E-state index is 12.1. The molecular weight excluding hydrogens is 532 g/mol. The van der Waals surface area contributed by atoms with Crippen molar-refractivity contribution in [3.8, 4) is 5.75 Å². The fraction of sp³-hybridized carbons (Fsp3) is 0.520. The van der Waals surface area contributed by atoms with Crippen LogP contribution in [0.15, 0.2) is 29.4 Å². The van der Waals surface area contributed by atoms with Crippen LogP contribution >= 0.6 is 11.8 Å². The van der Waals surface area contributed by atoms with Gasteiger partial charge in [0.15, 0.2) is 23.2 Å². The Hall–Kier alpha value is -3.65. The van der Waals surface area contributed by atoms with Crippen molar-refractivity contribution in [2.24, 2.45) is 7.05 Å². The van der Waals surface area contributed by atoms with E-state index in [1.54, 1.807) is 11.6 Å². The van der Waals surface area contributed by atoms with Gasteiger partial charge in [-0.1, -0.05) is 23.9 Å². The van der Waals surface area contributed by atoms with Crippen molar-refractivity contribution in [1.82, 2.24) is 20.1 Å². The van der Waals surface area contributed by atoms with Crippen LogP contribution in [0.25, 0.3) is 0 Å². The molecule has 0 radical (unpaired) electrons. The molecule has 0 spiro atoms. The van der Waals surface area contributed by atoms with E-state index < -0.39 is 53.6 Å². The molecule has 1 aliphatic rings. The first kappa shape index (κ1) is 29.9. The highest BCUT2D eigenvalue weighted by Crippen LogP contribution is 2.35. The number of rotatable bonds is 10. The van der Waals surface area contributed by atoms with Gasteiger partial charge in [-0.15, -0.1) is 10.2 Å². The van der Waals surface area contributed by atoms with Crippen LogP contribution in [0.5, 0.6) is 5.75 Å². The Morgan fingerprint density at radius 1 is 1.03 bits per heavy atom. The van der Waals surface area contributed by atoms with Gasteiger partial charge in [-0.05, 0) is 24.6 Å². The lowest BCUT2D eigenvalue weighted by molar-refractivity contribution is -0.211. The lowest BCUT2D eigenvalue weighted by atomic mass is 9.97. The molecule has 1 amide bonds. The summed E-state index contributed by atoms with van der Waals surface area (Å²) in [7, 11) is 1.75. The predicted octanol–water partition coefficient (Wildman–Crippen LogP) is 1.45. The number of amides is 1. The molecule has 3 rings (SSSR count). The number of carbonyl (C=O) groups is 4. The summed E-state index contributed by atoms with van der Waals surface area (Å²) in [6, 6.07) is 6.63. The van der Waals surface area contributed by atoms with E-state index in [-0.39, 0.29) is 13.2 Å². The Kier molecular flexibility index (Phi) is 10.3. The molecule has 0 bridgehead atoms. The summed E-state index contributed by atoms with van der Waals surface area (Å²) in [5.74, 6) is -1.15. The van der Waals surface area contributed by atoms with Gasteiger partial charge >= 0.3 is 17.9 Å². The third-order valence-corrected chi connectivity index (χ3v) is 6.78. The minimum Gasteiger partial charge on any atom is -0.486 e. The van der Waals surface area contributed by atoms with E-state index in [9.17, 15) is 19.2 Å². The van der Waals surface area contributed by atoms with Crippen molar-refractivity contribution in [3.05, 3.63) is 35.7 Å². The highest BCUT2D eigenvalue weighted by molar-refractivity contribution is 7.99. The summed E-state index contributed by atoms with van der Waals surface area (Å²) < 4.78 is 29.8. The molecule has 2 heterocycles. The van der Waals surface area contributed by atoms with Crippen molar-refractivity contribution in [1.29, 1.82) is 0 Å². The first-order valence-electron chi connectivity index (χ1n) is 12.1. The van der Waals surface area contributed by atoms with Crippen LogP contribution < -0.4 is 10.1 Å². The van der Waals surface area contributed by atoms with Gasteiger partial charge in [-0.25, -0.2) is 0 Å². The van der Waals surface area contributed by atoms with Crippen LogP contribution in [0, 0.1) is 6.92 Å². The maximum absolute atomic E-state index is 12.1. The Morgan fingerprint density at radius 2 is 1.72 bits per heavy atom.